The van der Waals surface area contributed by atoms with Crippen LogP contribution in [0.25, 0.3) is 0 Å². The maximum absolute atomic E-state index is 2.28. The van der Waals surface area contributed by atoms with Gasteiger partial charge < -0.3 is 0 Å². The first kappa shape index (κ1) is 5.27. The molecule has 1 saturated carbocycles. The molecule has 0 radical (unpaired) electrons. The van der Waals surface area contributed by atoms with Gasteiger partial charge in [0.1, 0.15) is 7.28 Å². The van der Waals surface area contributed by atoms with Gasteiger partial charge in [0.15, 0.2) is 0 Å². The Kier molecular flexibility index (Phi) is 1.84. The first-order chi connectivity index (χ1) is 3.43. The molecule has 2 heteroatoms. The van der Waals surface area contributed by atoms with E-state index in [1.54, 1.807) is 0 Å². The lowest BCUT2D eigenvalue weighted by Crippen LogP contribution is -2.11. The molecule has 1 fully saturated rings. The van der Waals surface area contributed by atoms with Crippen molar-refractivity contribution in [3.05, 3.63) is 0 Å². The highest BCUT2D eigenvalue weighted by Crippen LogP contribution is 2.31. The zero-order chi connectivity index (χ0) is 5.11. The van der Waals surface area contributed by atoms with Gasteiger partial charge in [-0.05, 0) is 0 Å². The fourth-order valence-corrected chi connectivity index (χ4v) is 1.19. The van der Waals surface area contributed by atoms with E-state index in [0.717, 1.165) is 5.82 Å². The smallest absolute Gasteiger partial charge is 0.104 e. The van der Waals surface area contributed by atoms with E-state index >= 15 is 0 Å². The van der Waals surface area contributed by atoms with Crippen molar-refractivity contribution in [2.24, 2.45) is 0 Å². The van der Waals surface area contributed by atoms with E-state index in [-0.39, 0.29) is 0 Å². The number of rotatable bonds is 2. The van der Waals surface area contributed by atoms with Crippen LogP contribution in [0.3, 0.4) is 0 Å². The average Bonchev–Trinajstić information content (AvgIpc) is 1.55. The minimum Gasteiger partial charge on any atom is -0.104 e. The summed E-state index contributed by atoms with van der Waals surface area (Å²) in [7, 11) is 3.76. The monoisotopic (exact) mass is 94.1 g/mol. The van der Waals surface area contributed by atoms with Crippen LogP contribution < -0.4 is 0 Å². The van der Waals surface area contributed by atoms with E-state index in [1.807, 2.05) is 0 Å². The van der Waals surface area contributed by atoms with Crippen molar-refractivity contribution in [2.75, 3.05) is 0 Å². The zero-order valence-electron chi connectivity index (χ0n) is 5.11. The second-order valence-corrected chi connectivity index (χ2v) is 2.59. The van der Waals surface area contributed by atoms with Gasteiger partial charge in [0, 0.05) is 0 Å². The predicted molar refractivity (Wildman–Crippen MR) is 38.1 cm³/mol. The summed E-state index contributed by atoms with van der Waals surface area (Å²) >= 11 is 0. The van der Waals surface area contributed by atoms with Crippen molar-refractivity contribution in [1.82, 2.24) is 0 Å². The van der Waals surface area contributed by atoms with Crippen LogP contribution in [0.2, 0.25) is 12.0 Å². The van der Waals surface area contributed by atoms with Gasteiger partial charge in [-0.25, -0.2) is 0 Å². The summed E-state index contributed by atoms with van der Waals surface area (Å²) in [5, 5.41) is 0. The van der Waals surface area contributed by atoms with E-state index < -0.39 is 0 Å². The van der Waals surface area contributed by atoms with E-state index in [4.69, 9.17) is 0 Å². The molecule has 0 nitrogen and oxygen atoms in total. The first-order valence-electron chi connectivity index (χ1n) is 3.43. The van der Waals surface area contributed by atoms with Crippen molar-refractivity contribution in [1.29, 1.82) is 0 Å². The molecule has 0 N–H and O–H groups in total. The highest BCUT2D eigenvalue weighted by Gasteiger charge is 2.15. The molecule has 0 atom stereocenters. The topological polar surface area (TPSA) is 0 Å². The summed E-state index contributed by atoms with van der Waals surface area (Å²) in [5.41, 5.74) is 0. The average molecular weight is 93.8 g/mol. The Balaban J connectivity index is 1.93. The summed E-state index contributed by atoms with van der Waals surface area (Å²) < 4.78 is 0. The van der Waals surface area contributed by atoms with E-state index in [0.29, 0.717) is 0 Å². The van der Waals surface area contributed by atoms with Crippen LogP contribution in [0.1, 0.15) is 19.3 Å². The van der Waals surface area contributed by atoms with Crippen LogP contribution >= 0.6 is 0 Å². The molecule has 0 saturated heterocycles. The summed E-state index contributed by atoms with van der Waals surface area (Å²) in [6.07, 6.45) is 5.94. The molecule has 0 unspecified atom stereocenters. The standard InChI is InChI=1S/C5H12B2/c6-4-7-5-2-1-3-5/h5,7H,1-4,6H2. The van der Waals surface area contributed by atoms with Crippen LogP contribution in [-0.4, -0.2) is 15.1 Å². The van der Waals surface area contributed by atoms with Crippen LogP contribution in [0.5, 0.6) is 0 Å². The molecule has 0 aromatic carbocycles. The van der Waals surface area contributed by atoms with Crippen LogP contribution in [0.4, 0.5) is 0 Å². The van der Waals surface area contributed by atoms with Gasteiger partial charge in [-0.3, -0.25) is 0 Å². The minimum atomic E-state index is 1.13. The molecule has 0 amide bonds. The second-order valence-electron chi connectivity index (χ2n) is 2.59. The normalized spacial score (nSPS) is 21.1. The van der Waals surface area contributed by atoms with Gasteiger partial charge in [0.2, 0.25) is 0 Å². The molecule has 1 aliphatic carbocycles. The molecule has 0 aromatic rings. The Morgan fingerprint density at radius 2 is 2.29 bits per heavy atom. The Morgan fingerprint density at radius 3 is 2.43 bits per heavy atom. The third kappa shape index (κ3) is 1.25. The predicted octanol–water partition coefficient (Wildman–Crippen LogP) is 0.404. The third-order valence-electron chi connectivity index (χ3n) is 1.92. The molecule has 38 valence electrons. The molecule has 0 bridgehead atoms. The molecular formula is C5H12B2. The molecule has 0 heterocycles. The van der Waals surface area contributed by atoms with Gasteiger partial charge in [-0.2, -0.15) is 0 Å². The van der Waals surface area contributed by atoms with Gasteiger partial charge in [0.05, 0.1) is 7.85 Å². The van der Waals surface area contributed by atoms with Gasteiger partial charge in [0.25, 0.3) is 0 Å². The van der Waals surface area contributed by atoms with Crippen molar-refractivity contribution in [3.8, 4) is 0 Å². The molecule has 1 aliphatic rings. The van der Waals surface area contributed by atoms with Gasteiger partial charge >= 0.3 is 0 Å². The van der Waals surface area contributed by atoms with E-state index in [2.05, 4.69) is 7.85 Å². The first-order valence-corrected chi connectivity index (χ1v) is 3.43. The minimum absolute atomic E-state index is 1.13. The quantitative estimate of drug-likeness (QED) is 0.434. The highest BCUT2D eigenvalue weighted by atomic mass is 14.1. The van der Waals surface area contributed by atoms with E-state index in [1.165, 1.54) is 32.8 Å². The van der Waals surface area contributed by atoms with Crippen molar-refractivity contribution < 1.29 is 0 Å². The van der Waals surface area contributed by atoms with E-state index in [9.17, 15) is 0 Å². The lowest BCUT2D eigenvalue weighted by Gasteiger charge is -2.23. The maximum Gasteiger partial charge on any atom is 0.116 e. The van der Waals surface area contributed by atoms with Gasteiger partial charge in [-0.15, -0.1) is 6.22 Å². The Bertz CT molecular complexity index is 50.0. The van der Waals surface area contributed by atoms with Crippen LogP contribution in [-0.2, 0) is 0 Å². The molecule has 1 rings (SSSR count). The molecule has 0 aromatic heterocycles. The number of hydrogen-bond donors (Lipinski definition) is 0. The summed E-state index contributed by atoms with van der Waals surface area (Å²) in [6.45, 7) is 0. The lowest BCUT2D eigenvalue weighted by atomic mass is 9.50. The van der Waals surface area contributed by atoms with Crippen molar-refractivity contribution in [3.63, 3.8) is 0 Å². The molecule has 0 aliphatic heterocycles. The summed E-state index contributed by atoms with van der Waals surface area (Å²) in [6, 6.07) is 0. The van der Waals surface area contributed by atoms with Crippen molar-refractivity contribution in [2.45, 2.75) is 31.3 Å². The largest absolute Gasteiger partial charge is 0.116 e. The Labute approximate surface area is 47.3 Å². The number of hydrogen-bond acceptors (Lipinski definition) is 0. The third-order valence-corrected chi connectivity index (χ3v) is 1.92. The van der Waals surface area contributed by atoms with Crippen LogP contribution in [0, 0.1) is 0 Å². The fourth-order valence-electron chi connectivity index (χ4n) is 1.19. The Morgan fingerprint density at radius 1 is 1.57 bits per heavy atom. The molecule has 7 heavy (non-hydrogen) atoms. The fraction of sp³-hybridized carbons (Fsp3) is 1.00. The SMILES string of the molecule is BCBC1CCC1. The molecular weight excluding hydrogens is 81.7 g/mol. The molecule has 0 spiro atoms. The van der Waals surface area contributed by atoms with Crippen LogP contribution in [0.15, 0.2) is 0 Å². The summed E-state index contributed by atoms with van der Waals surface area (Å²) in [4.78, 5) is 0. The Hall–Kier alpha value is 0.130. The van der Waals surface area contributed by atoms with Crippen molar-refractivity contribution >= 4 is 15.1 Å². The van der Waals surface area contributed by atoms with Gasteiger partial charge in [-0.1, -0.05) is 25.1 Å². The lowest BCUT2D eigenvalue weighted by molar-refractivity contribution is 0.499. The highest BCUT2D eigenvalue weighted by molar-refractivity contribution is 6.48. The maximum atomic E-state index is 2.28. The second kappa shape index (κ2) is 2.44. The zero-order valence-corrected chi connectivity index (χ0v) is 5.11. The summed E-state index contributed by atoms with van der Waals surface area (Å²) in [5.74, 6) is 1.13.